The lowest BCUT2D eigenvalue weighted by molar-refractivity contribution is 0.622. The van der Waals surface area contributed by atoms with Gasteiger partial charge in [-0.2, -0.15) is 0 Å². The summed E-state index contributed by atoms with van der Waals surface area (Å²) >= 11 is 0. The van der Waals surface area contributed by atoms with E-state index in [4.69, 9.17) is 0 Å². The molecule has 1 aliphatic rings. The van der Waals surface area contributed by atoms with E-state index >= 15 is 0 Å². The highest BCUT2D eigenvalue weighted by molar-refractivity contribution is 5.58. The van der Waals surface area contributed by atoms with Gasteiger partial charge in [-0.15, -0.1) is 0 Å². The molecule has 86 valence electrons. The SMILES string of the molecule is Cc1ccc(F)cc1C1Cc2ccccc2N1. The van der Waals surface area contributed by atoms with Crippen LogP contribution in [0.2, 0.25) is 0 Å². The number of nitrogens with one attached hydrogen (secondary N) is 1. The lowest BCUT2D eigenvalue weighted by atomic mass is 9.98. The van der Waals surface area contributed by atoms with E-state index in [2.05, 4.69) is 17.4 Å². The van der Waals surface area contributed by atoms with Gasteiger partial charge in [0.25, 0.3) is 0 Å². The Labute approximate surface area is 100 Å². The molecular formula is C15H14FN. The summed E-state index contributed by atoms with van der Waals surface area (Å²) < 4.78 is 13.3. The van der Waals surface area contributed by atoms with Gasteiger partial charge in [-0.1, -0.05) is 24.3 Å². The lowest BCUT2D eigenvalue weighted by Crippen LogP contribution is -2.07. The number of fused-ring (bicyclic) bond motifs is 1. The van der Waals surface area contributed by atoms with Crippen LogP contribution in [0.3, 0.4) is 0 Å². The zero-order valence-corrected chi connectivity index (χ0v) is 9.70. The van der Waals surface area contributed by atoms with Crippen molar-refractivity contribution in [1.29, 1.82) is 0 Å². The first kappa shape index (κ1) is 10.3. The number of anilines is 1. The van der Waals surface area contributed by atoms with Crippen molar-refractivity contribution in [1.82, 2.24) is 0 Å². The normalized spacial score (nSPS) is 17.6. The number of rotatable bonds is 1. The first-order valence-corrected chi connectivity index (χ1v) is 5.84. The predicted octanol–water partition coefficient (Wildman–Crippen LogP) is 3.84. The van der Waals surface area contributed by atoms with E-state index in [1.165, 1.54) is 17.3 Å². The van der Waals surface area contributed by atoms with Crippen LogP contribution in [0.4, 0.5) is 10.1 Å². The Bertz CT molecular complexity index is 538. The summed E-state index contributed by atoms with van der Waals surface area (Å²) in [6, 6.07) is 13.5. The van der Waals surface area contributed by atoms with Gasteiger partial charge in [0, 0.05) is 5.69 Å². The highest BCUT2D eigenvalue weighted by Gasteiger charge is 2.22. The largest absolute Gasteiger partial charge is 0.378 e. The van der Waals surface area contributed by atoms with Crippen LogP contribution in [0.25, 0.3) is 0 Å². The van der Waals surface area contributed by atoms with Crippen LogP contribution < -0.4 is 5.32 Å². The fourth-order valence-electron chi connectivity index (χ4n) is 2.47. The quantitative estimate of drug-likeness (QED) is 0.780. The third-order valence-electron chi connectivity index (χ3n) is 3.39. The number of aryl methyl sites for hydroxylation is 1. The van der Waals surface area contributed by atoms with Crippen LogP contribution in [-0.2, 0) is 6.42 Å². The van der Waals surface area contributed by atoms with Crippen molar-refractivity contribution in [3.05, 3.63) is 65.0 Å². The Kier molecular flexibility index (Phi) is 2.36. The number of hydrogen-bond donors (Lipinski definition) is 1. The Balaban J connectivity index is 1.96. The Morgan fingerprint density at radius 3 is 2.82 bits per heavy atom. The van der Waals surface area contributed by atoms with Gasteiger partial charge in [0.15, 0.2) is 0 Å². The number of benzene rings is 2. The van der Waals surface area contributed by atoms with E-state index in [-0.39, 0.29) is 11.9 Å². The molecule has 0 aliphatic carbocycles. The van der Waals surface area contributed by atoms with Gasteiger partial charge >= 0.3 is 0 Å². The molecule has 1 nitrogen and oxygen atoms in total. The first-order chi connectivity index (χ1) is 8.24. The highest BCUT2D eigenvalue weighted by Crippen LogP contribution is 2.35. The number of halogens is 1. The molecule has 0 spiro atoms. The smallest absolute Gasteiger partial charge is 0.123 e. The van der Waals surface area contributed by atoms with Crippen LogP contribution in [0.5, 0.6) is 0 Å². The summed E-state index contributed by atoms with van der Waals surface area (Å²) in [5, 5.41) is 3.45. The van der Waals surface area contributed by atoms with Crippen LogP contribution in [-0.4, -0.2) is 0 Å². The molecule has 0 amide bonds. The van der Waals surface area contributed by atoms with Gasteiger partial charge in [-0.3, -0.25) is 0 Å². The molecule has 3 rings (SSSR count). The van der Waals surface area contributed by atoms with E-state index < -0.39 is 0 Å². The van der Waals surface area contributed by atoms with Crippen LogP contribution in [0.1, 0.15) is 22.7 Å². The zero-order chi connectivity index (χ0) is 11.8. The van der Waals surface area contributed by atoms with Crippen molar-refractivity contribution in [2.24, 2.45) is 0 Å². The van der Waals surface area contributed by atoms with E-state index in [9.17, 15) is 4.39 Å². The summed E-state index contributed by atoms with van der Waals surface area (Å²) in [7, 11) is 0. The molecule has 0 saturated carbocycles. The molecular weight excluding hydrogens is 213 g/mol. The van der Waals surface area contributed by atoms with Gasteiger partial charge in [0.2, 0.25) is 0 Å². The third kappa shape index (κ3) is 1.80. The predicted molar refractivity (Wildman–Crippen MR) is 67.6 cm³/mol. The third-order valence-corrected chi connectivity index (χ3v) is 3.39. The summed E-state index contributed by atoms with van der Waals surface area (Å²) in [4.78, 5) is 0. The number of para-hydroxylation sites is 1. The molecule has 0 saturated heterocycles. The van der Waals surface area contributed by atoms with E-state index in [0.29, 0.717) is 0 Å². The van der Waals surface area contributed by atoms with Crippen LogP contribution in [0.15, 0.2) is 42.5 Å². The standard InChI is InChI=1S/C15H14FN/c1-10-6-7-12(16)9-13(10)15-8-11-4-2-3-5-14(11)17-15/h2-7,9,15,17H,8H2,1H3. The maximum absolute atomic E-state index is 13.3. The first-order valence-electron chi connectivity index (χ1n) is 5.84. The lowest BCUT2D eigenvalue weighted by Gasteiger charge is -2.14. The molecule has 2 heteroatoms. The molecule has 1 atom stereocenters. The van der Waals surface area contributed by atoms with Gasteiger partial charge in [0.1, 0.15) is 5.82 Å². The molecule has 2 aromatic carbocycles. The van der Waals surface area contributed by atoms with E-state index in [1.54, 1.807) is 6.07 Å². The van der Waals surface area contributed by atoms with Gasteiger partial charge in [0.05, 0.1) is 6.04 Å². The maximum atomic E-state index is 13.3. The second-order valence-corrected chi connectivity index (χ2v) is 4.56. The van der Waals surface area contributed by atoms with Gasteiger partial charge < -0.3 is 5.32 Å². The Hall–Kier alpha value is -1.83. The maximum Gasteiger partial charge on any atom is 0.123 e. The minimum absolute atomic E-state index is 0.164. The van der Waals surface area contributed by atoms with E-state index in [0.717, 1.165) is 17.5 Å². The van der Waals surface area contributed by atoms with E-state index in [1.807, 2.05) is 25.1 Å². The molecule has 0 radical (unpaired) electrons. The van der Waals surface area contributed by atoms with Crippen LogP contribution in [0, 0.1) is 12.7 Å². The molecule has 17 heavy (non-hydrogen) atoms. The molecule has 1 aliphatic heterocycles. The highest BCUT2D eigenvalue weighted by atomic mass is 19.1. The second-order valence-electron chi connectivity index (χ2n) is 4.56. The fraction of sp³-hybridized carbons (Fsp3) is 0.200. The van der Waals surface area contributed by atoms with Crippen molar-refractivity contribution in [2.75, 3.05) is 5.32 Å². The summed E-state index contributed by atoms with van der Waals surface area (Å²) in [5.74, 6) is -0.164. The second kappa shape index (κ2) is 3.88. The molecule has 2 aromatic rings. The topological polar surface area (TPSA) is 12.0 Å². The van der Waals surface area contributed by atoms with Crippen molar-refractivity contribution in [3.8, 4) is 0 Å². The van der Waals surface area contributed by atoms with Crippen molar-refractivity contribution < 1.29 is 4.39 Å². The molecule has 1 heterocycles. The summed E-state index contributed by atoms with van der Waals surface area (Å²) in [6.45, 7) is 2.03. The average Bonchev–Trinajstić information content (AvgIpc) is 2.75. The number of hydrogen-bond acceptors (Lipinski definition) is 1. The minimum Gasteiger partial charge on any atom is -0.378 e. The fourth-order valence-corrected chi connectivity index (χ4v) is 2.47. The zero-order valence-electron chi connectivity index (χ0n) is 9.70. The Morgan fingerprint density at radius 1 is 1.18 bits per heavy atom. The molecule has 0 bridgehead atoms. The molecule has 1 N–H and O–H groups in total. The van der Waals surface area contributed by atoms with Gasteiger partial charge in [-0.05, 0) is 48.2 Å². The van der Waals surface area contributed by atoms with Crippen LogP contribution >= 0.6 is 0 Å². The van der Waals surface area contributed by atoms with Crippen molar-refractivity contribution in [2.45, 2.75) is 19.4 Å². The van der Waals surface area contributed by atoms with Crippen molar-refractivity contribution in [3.63, 3.8) is 0 Å². The average molecular weight is 227 g/mol. The van der Waals surface area contributed by atoms with Crippen molar-refractivity contribution >= 4 is 5.69 Å². The minimum atomic E-state index is -0.164. The summed E-state index contributed by atoms with van der Waals surface area (Å²) in [6.07, 6.45) is 0.931. The molecule has 0 fully saturated rings. The van der Waals surface area contributed by atoms with Gasteiger partial charge in [-0.25, -0.2) is 4.39 Å². The molecule has 0 aromatic heterocycles. The molecule has 1 unspecified atom stereocenters. The summed E-state index contributed by atoms with van der Waals surface area (Å²) in [5.41, 5.74) is 4.67. The monoisotopic (exact) mass is 227 g/mol. The Morgan fingerprint density at radius 2 is 2.00 bits per heavy atom.